The molecule has 1 heterocycles. The number of nitrogens with one attached hydrogen (secondary N) is 1. The van der Waals surface area contributed by atoms with E-state index in [0.29, 0.717) is 11.1 Å². The monoisotopic (exact) mass is 237 g/mol. The molecule has 6 heteroatoms. The second kappa shape index (κ2) is 4.42. The topological polar surface area (TPSA) is 71.8 Å². The summed E-state index contributed by atoms with van der Waals surface area (Å²) in [5.41, 5.74) is 5.55. The summed E-state index contributed by atoms with van der Waals surface area (Å²) >= 11 is 0. The van der Waals surface area contributed by atoms with Crippen LogP contribution in [0, 0.1) is 11.6 Å². The molecule has 0 spiro atoms. The van der Waals surface area contributed by atoms with Gasteiger partial charge in [-0.25, -0.2) is 13.8 Å². The van der Waals surface area contributed by atoms with Gasteiger partial charge in [-0.2, -0.15) is 0 Å². The zero-order valence-electron chi connectivity index (χ0n) is 8.71. The SMILES string of the molecule is NCc1cnc(-c2ccc(F)c(F)c2)[nH]c1=O. The molecule has 0 aliphatic rings. The number of aromatic nitrogens is 2. The van der Waals surface area contributed by atoms with E-state index < -0.39 is 11.6 Å². The summed E-state index contributed by atoms with van der Waals surface area (Å²) in [6.07, 6.45) is 1.31. The Hall–Kier alpha value is -2.08. The molecule has 1 aromatic carbocycles. The van der Waals surface area contributed by atoms with Crippen molar-refractivity contribution in [3.05, 3.63) is 51.9 Å². The molecule has 4 nitrogen and oxygen atoms in total. The minimum absolute atomic E-state index is 0.0698. The Labute approximate surface area is 95.1 Å². The van der Waals surface area contributed by atoms with E-state index in [-0.39, 0.29) is 17.9 Å². The van der Waals surface area contributed by atoms with Crippen LogP contribution in [-0.2, 0) is 6.54 Å². The third-order valence-corrected chi connectivity index (χ3v) is 2.29. The molecule has 0 unspecified atom stereocenters. The molecule has 0 saturated heterocycles. The Morgan fingerprint density at radius 2 is 2.06 bits per heavy atom. The number of benzene rings is 1. The molecule has 17 heavy (non-hydrogen) atoms. The first-order valence-electron chi connectivity index (χ1n) is 4.85. The average molecular weight is 237 g/mol. The number of aromatic amines is 1. The molecule has 0 amide bonds. The van der Waals surface area contributed by atoms with Gasteiger partial charge in [0.25, 0.3) is 5.56 Å². The van der Waals surface area contributed by atoms with Crippen molar-refractivity contribution in [1.82, 2.24) is 9.97 Å². The smallest absolute Gasteiger partial charge is 0.255 e. The van der Waals surface area contributed by atoms with Crippen LogP contribution in [0.25, 0.3) is 11.4 Å². The zero-order chi connectivity index (χ0) is 12.4. The van der Waals surface area contributed by atoms with Crippen molar-refractivity contribution >= 4 is 0 Å². The molecule has 2 aromatic rings. The third-order valence-electron chi connectivity index (χ3n) is 2.29. The van der Waals surface area contributed by atoms with Crippen LogP contribution in [0.1, 0.15) is 5.56 Å². The highest BCUT2D eigenvalue weighted by Crippen LogP contribution is 2.16. The minimum atomic E-state index is -0.993. The van der Waals surface area contributed by atoms with Crippen LogP contribution in [0.4, 0.5) is 8.78 Å². The minimum Gasteiger partial charge on any atom is -0.326 e. The quantitative estimate of drug-likeness (QED) is 0.823. The van der Waals surface area contributed by atoms with Gasteiger partial charge in [-0.1, -0.05) is 0 Å². The van der Waals surface area contributed by atoms with Crippen molar-refractivity contribution in [1.29, 1.82) is 0 Å². The number of H-pyrrole nitrogens is 1. The first-order valence-corrected chi connectivity index (χ1v) is 4.85. The Kier molecular flexibility index (Phi) is 2.97. The lowest BCUT2D eigenvalue weighted by atomic mass is 10.2. The van der Waals surface area contributed by atoms with Crippen molar-refractivity contribution < 1.29 is 8.78 Å². The van der Waals surface area contributed by atoms with Gasteiger partial charge in [0.05, 0.1) is 0 Å². The lowest BCUT2D eigenvalue weighted by Crippen LogP contribution is -2.17. The second-order valence-electron chi connectivity index (χ2n) is 3.42. The van der Waals surface area contributed by atoms with E-state index in [4.69, 9.17) is 5.73 Å². The van der Waals surface area contributed by atoms with E-state index in [1.54, 1.807) is 0 Å². The van der Waals surface area contributed by atoms with Crippen LogP contribution in [0.3, 0.4) is 0 Å². The van der Waals surface area contributed by atoms with Gasteiger partial charge in [0.1, 0.15) is 5.82 Å². The summed E-state index contributed by atoms with van der Waals surface area (Å²) in [5.74, 6) is -1.77. The maximum absolute atomic E-state index is 13.0. The van der Waals surface area contributed by atoms with Gasteiger partial charge >= 0.3 is 0 Å². The lowest BCUT2D eigenvalue weighted by Gasteiger charge is -2.02. The molecular weight excluding hydrogens is 228 g/mol. The predicted molar refractivity (Wildman–Crippen MR) is 58.1 cm³/mol. The molecule has 0 saturated carbocycles. The van der Waals surface area contributed by atoms with Gasteiger partial charge in [0.2, 0.25) is 0 Å². The molecule has 0 aliphatic heterocycles. The van der Waals surface area contributed by atoms with E-state index in [1.807, 2.05) is 0 Å². The Morgan fingerprint density at radius 1 is 1.29 bits per heavy atom. The molecule has 0 bridgehead atoms. The maximum atomic E-state index is 13.0. The molecule has 2 rings (SSSR count). The van der Waals surface area contributed by atoms with Gasteiger partial charge in [0, 0.05) is 23.9 Å². The number of nitrogens with two attached hydrogens (primary N) is 1. The van der Waals surface area contributed by atoms with E-state index >= 15 is 0 Å². The first kappa shape index (κ1) is 11.4. The molecular formula is C11H9F2N3O. The molecule has 1 aromatic heterocycles. The van der Waals surface area contributed by atoms with Crippen LogP contribution in [-0.4, -0.2) is 9.97 Å². The Balaban J connectivity index is 2.50. The summed E-state index contributed by atoms with van der Waals surface area (Å²) < 4.78 is 25.7. The lowest BCUT2D eigenvalue weighted by molar-refractivity contribution is 0.509. The number of halogens is 2. The van der Waals surface area contributed by atoms with Gasteiger partial charge < -0.3 is 10.7 Å². The Bertz CT molecular complexity index is 610. The standard InChI is InChI=1S/C11H9F2N3O/c12-8-2-1-6(3-9(8)13)10-15-5-7(4-14)11(17)16-10/h1-3,5H,4,14H2,(H,15,16,17). The molecule has 3 N–H and O–H groups in total. The number of hydrogen-bond acceptors (Lipinski definition) is 3. The van der Waals surface area contributed by atoms with E-state index in [2.05, 4.69) is 9.97 Å². The maximum Gasteiger partial charge on any atom is 0.255 e. The molecule has 88 valence electrons. The van der Waals surface area contributed by atoms with Crippen LogP contribution >= 0.6 is 0 Å². The van der Waals surface area contributed by atoms with Gasteiger partial charge in [-0.15, -0.1) is 0 Å². The number of rotatable bonds is 2. The molecule has 0 radical (unpaired) electrons. The highest BCUT2D eigenvalue weighted by Gasteiger charge is 2.07. The second-order valence-corrected chi connectivity index (χ2v) is 3.42. The fraction of sp³-hybridized carbons (Fsp3) is 0.0909. The highest BCUT2D eigenvalue weighted by molar-refractivity contribution is 5.54. The van der Waals surface area contributed by atoms with Gasteiger partial charge in [-0.05, 0) is 18.2 Å². The highest BCUT2D eigenvalue weighted by atomic mass is 19.2. The van der Waals surface area contributed by atoms with Crippen LogP contribution in [0.5, 0.6) is 0 Å². The molecule has 0 atom stereocenters. The number of hydrogen-bond donors (Lipinski definition) is 2. The van der Waals surface area contributed by atoms with Crippen molar-refractivity contribution in [2.24, 2.45) is 5.73 Å². The summed E-state index contributed by atoms with van der Waals surface area (Å²) in [7, 11) is 0. The van der Waals surface area contributed by atoms with Crippen molar-refractivity contribution in [3.8, 4) is 11.4 Å². The van der Waals surface area contributed by atoms with Crippen LogP contribution < -0.4 is 11.3 Å². The van der Waals surface area contributed by atoms with Crippen LogP contribution in [0.2, 0.25) is 0 Å². The average Bonchev–Trinajstić information content (AvgIpc) is 2.32. The molecule has 0 fully saturated rings. The van der Waals surface area contributed by atoms with E-state index in [9.17, 15) is 13.6 Å². The summed E-state index contributed by atoms with van der Waals surface area (Å²) in [6.45, 7) is 0.0698. The normalized spacial score (nSPS) is 10.5. The largest absolute Gasteiger partial charge is 0.326 e. The van der Waals surface area contributed by atoms with Crippen molar-refractivity contribution in [2.45, 2.75) is 6.54 Å². The van der Waals surface area contributed by atoms with Gasteiger partial charge in [0.15, 0.2) is 11.6 Å². The third kappa shape index (κ3) is 2.21. The first-order chi connectivity index (χ1) is 8.11. The predicted octanol–water partition coefficient (Wildman–Crippen LogP) is 1.17. The van der Waals surface area contributed by atoms with Crippen molar-refractivity contribution in [2.75, 3.05) is 0 Å². The number of nitrogens with zero attached hydrogens (tertiary/aromatic N) is 1. The van der Waals surface area contributed by atoms with Crippen molar-refractivity contribution in [3.63, 3.8) is 0 Å². The van der Waals surface area contributed by atoms with Gasteiger partial charge in [-0.3, -0.25) is 4.79 Å². The summed E-state index contributed by atoms with van der Waals surface area (Å²) in [4.78, 5) is 17.8. The fourth-order valence-electron chi connectivity index (χ4n) is 1.36. The zero-order valence-corrected chi connectivity index (χ0v) is 8.71. The Morgan fingerprint density at radius 3 is 2.65 bits per heavy atom. The molecule has 0 aliphatic carbocycles. The van der Waals surface area contributed by atoms with E-state index in [0.717, 1.165) is 12.1 Å². The summed E-state index contributed by atoms with van der Waals surface area (Å²) in [6, 6.07) is 3.27. The fourth-order valence-corrected chi connectivity index (χ4v) is 1.36. The van der Waals surface area contributed by atoms with Crippen LogP contribution in [0.15, 0.2) is 29.2 Å². The van der Waals surface area contributed by atoms with E-state index in [1.165, 1.54) is 12.3 Å². The summed E-state index contributed by atoms with van der Waals surface area (Å²) in [5, 5.41) is 0.